The summed E-state index contributed by atoms with van der Waals surface area (Å²) >= 11 is -1.29. The van der Waals surface area contributed by atoms with Gasteiger partial charge in [0.25, 0.3) is 0 Å². The topological polar surface area (TPSA) is 0 Å². The monoisotopic (exact) mass is 254 g/mol. The molecule has 0 aromatic heterocycles. The van der Waals surface area contributed by atoms with Gasteiger partial charge in [-0.1, -0.05) is 0 Å². The van der Waals surface area contributed by atoms with Gasteiger partial charge in [-0.15, -0.1) is 0 Å². The number of aryl methyl sites for hydroxylation is 1. The Balaban J connectivity index is 2.60. The van der Waals surface area contributed by atoms with Gasteiger partial charge in [0.15, 0.2) is 0 Å². The maximum atomic E-state index is 11.9. The summed E-state index contributed by atoms with van der Waals surface area (Å²) in [6.45, 7) is 1.84. The number of alkyl halides is 3. The van der Waals surface area contributed by atoms with E-state index in [0.29, 0.717) is 0 Å². The molecule has 0 saturated heterocycles. The molecule has 0 saturated carbocycles. The predicted octanol–water partition coefficient (Wildman–Crippen LogP) is 2.72. The van der Waals surface area contributed by atoms with E-state index in [0.717, 1.165) is 11.1 Å². The molecule has 1 aromatic rings. The van der Waals surface area contributed by atoms with Crippen LogP contribution in [0.2, 0.25) is 0 Å². The molecule has 4 heteroatoms. The van der Waals surface area contributed by atoms with Gasteiger partial charge >= 0.3 is 80.8 Å². The summed E-state index contributed by atoms with van der Waals surface area (Å²) < 4.78 is 35.7. The first-order valence-electron chi connectivity index (χ1n) is 3.74. The molecule has 0 aliphatic rings. The number of benzene rings is 1. The fraction of sp³-hybridized carbons (Fsp3) is 0.333. The standard InChI is InChI=1S/C9H9F3Se/c1-7-4-2-3-5-8(7)6-13-9(10,11)12/h2-5H,6H2,1H3. The molecule has 0 N–H and O–H groups in total. The molecule has 1 aromatic carbocycles. The summed E-state index contributed by atoms with van der Waals surface area (Å²) in [4.78, 5) is 0. The van der Waals surface area contributed by atoms with Gasteiger partial charge in [0, 0.05) is 0 Å². The molecule has 1 rings (SSSR count). The molecule has 0 atom stereocenters. The number of rotatable bonds is 2. The molecule has 0 unspecified atom stereocenters. The van der Waals surface area contributed by atoms with Crippen LogP contribution < -0.4 is 0 Å². The van der Waals surface area contributed by atoms with Crippen LogP contribution in [0.4, 0.5) is 13.2 Å². The Labute approximate surface area is 81.3 Å². The summed E-state index contributed by atoms with van der Waals surface area (Å²) in [7, 11) is 0. The second-order valence-electron chi connectivity index (χ2n) is 2.66. The second-order valence-corrected chi connectivity index (χ2v) is 4.84. The third-order valence-electron chi connectivity index (χ3n) is 1.65. The van der Waals surface area contributed by atoms with Gasteiger partial charge in [-0.3, -0.25) is 0 Å². The van der Waals surface area contributed by atoms with Gasteiger partial charge in [0.2, 0.25) is 0 Å². The van der Waals surface area contributed by atoms with Gasteiger partial charge in [0.1, 0.15) is 0 Å². The molecular weight excluding hydrogens is 244 g/mol. The Kier molecular flexibility index (Phi) is 3.39. The van der Waals surface area contributed by atoms with Gasteiger partial charge in [0.05, 0.1) is 0 Å². The fourth-order valence-corrected chi connectivity index (χ4v) is 2.28. The van der Waals surface area contributed by atoms with E-state index in [-0.39, 0.29) is 5.32 Å². The van der Waals surface area contributed by atoms with Crippen LogP contribution in [0.3, 0.4) is 0 Å². The molecule has 0 fully saturated rings. The van der Waals surface area contributed by atoms with Gasteiger partial charge < -0.3 is 0 Å². The van der Waals surface area contributed by atoms with Crippen molar-refractivity contribution in [2.24, 2.45) is 0 Å². The zero-order chi connectivity index (χ0) is 9.90. The van der Waals surface area contributed by atoms with Gasteiger partial charge in [-0.2, -0.15) is 0 Å². The summed E-state index contributed by atoms with van der Waals surface area (Å²) in [6.07, 6.45) is 0. The van der Waals surface area contributed by atoms with Crippen LogP contribution in [-0.2, 0) is 5.32 Å². The summed E-state index contributed by atoms with van der Waals surface area (Å²) in [5.41, 5.74) is 1.74. The van der Waals surface area contributed by atoms with Crippen molar-refractivity contribution in [1.29, 1.82) is 0 Å². The quantitative estimate of drug-likeness (QED) is 0.711. The van der Waals surface area contributed by atoms with E-state index in [1.54, 1.807) is 12.1 Å². The summed E-state index contributed by atoms with van der Waals surface area (Å²) in [5.74, 6) is 0. The molecule has 0 amide bonds. The molecule has 0 heterocycles. The van der Waals surface area contributed by atoms with Gasteiger partial charge in [-0.25, -0.2) is 0 Å². The normalized spacial score (nSPS) is 11.7. The minimum absolute atomic E-state index is 0.142. The SMILES string of the molecule is Cc1ccccc1C[Se]C(F)(F)F. The zero-order valence-corrected chi connectivity index (χ0v) is 8.77. The van der Waals surface area contributed by atoms with E-state index >= 15 is 0 Å². The zero-order valence-electron chi connectivity index (χ0n) is 7.06. The summed E-state index contributed by atoms with van der Waals surface area (Å²) in [5, 5.41) is -3.85. The van der Waals surface area contributed by atoms with Crippen LogP contribution in [0.25, 0.3) is 0 Å². The van der Waals surface area contributed by atoms with Crippen LogP contribution >= 0.6 is 0 Å². The molecule has 13 heavy (non-hydrogen) atoms. The van der Waals surface area contributed by atoms with Crippen LogP contribution in [0.15, 0.2) is 24.3 Å². The predicted molar refractivity (Wildman–Crippen MR) is 46.7 cm³/mol. The fourth-order valence-electron chi connectivity index (χ4n) is 0.932. The first-order valence-corrected chi connectivity index (χ1v) is 5.81. The first-order chi connectivity index (χ1) is 5.99. The Hall–Kier alpha value is -0.471. The molecule has 0 radical (unpaired) electrons. The molecule has 72 valence electrons. The first kappa shape index (κ1) is 10.6. The Bertz CT molecular complexity index is 280. The van der Waals surface area contributed by atoms with Crippen molar-refractivity contribution in [3.05, 3.63) is 35.4 Å². The van der Waals surface area contributed by atoms with Crippen LogP contribution in [0, 0.1) is 6.92 Å². The van der Waals surface area contributed by atoms with E-state index < -0.39 is 20.0 Å². The molecule has 0 aliphatic heterocycles. The third-order valence-corrected chi connectivity index (χ3v) is 3.29. The average molecular weight is 253 g/mol. The van der Waals surface area contributed by atoms with Crippen LogP contribution in [0.1, 0.15) is 11.1 Å². The Morgan fingerprint density at radius 1 is 1.23 bits per heavy atom. The summed E-state index contributed by atoms with van der Waals surface area (Å²) in [6, 6.07) is 7.19. The molecule has 0 bridgehead atoms. The van der Waals surface area contributed by atoms with Crippen molar-refractivity contribution in [3.63, 3.8) is 0 Å². The van der Waals surface area contributed by atoms with E-state index in [9.17, 15) is 13.2 Å². The molecular formula is C9H9F3Se. The number of hydrogen-bond acceptors (Lipinski definition) is 0. The van der Waals surface area contributed by atoms with Crippen molar-refractivity contribution < 1.29 is 13.2 Å². The van der Waals surface area contributed by atoms with E-state index in [1.165, 1.54) is 0 Å². The van der Waals surface area contributed by atoms with Crippen LogP contribution in [-0.4, -0.2) is 20.0 Å². The Morgan fingerprint density at radius 2 is 1.85 bits per heavy atom. The van der Waals surface area contributed by atoms with E-state index in [2.05, 4.69) is 0 Å². The van der Waals surface area contributed by atoms with Crippen molar-refractivity contribution in [2.75, 3.05) is 0 Å². The van der Waals surface area contributed by atoms with Crippen LogP contribution in [0.5, 0.6) is 0 Å². The molecule has 0 aliphatic carbocycles. The van der Waals surface area contributed by atoms with E-state index in [1.807, 2.05) is 19.1 Å². The maximum absolute atomic E-state index is 11.9. The third kappa shape index (κ3) is 3.83. The average Bonchev–Trinajstić information content (AvgIpc) is 2.01. The van der Waals surface area contributed by atoms with Crippen molar-refractivity contribution >= 4 is 15.0 Å². The van der Waals surface area contributed by atoms with Crippen molar-refractivity contribution in [3.8, 4) is 0 Å². The number of halogens is 3. The molecule has 0 nitrogen and oxygen atoms in total. The van der Waals surface area contributed by atoms with E-state index in [4.69, 9.17) is 0 Å². The van der Waals surface area contributed by atoms with Crippen molar-refractivity contribution in [2.45, 2.75) is 17.3 Å². The Morgan fingerprint density at radius 3 is 2.38 bits per heavy atom. The number of hydrogen-bond donors (Lipinski definition) is 0. The second kappa shape index (κ2) is 4.16. The van der Waals surface area contributed by atoms with Gasteiger partial charge in [-0.05, 0) is 0 Å². The molecule has 0 spiro atoms. The van der Waals surface area contributed by atoms with Crippen molar-refractivity contribution in [1.82, 2.24) is 0 Å². The minimum atomic E-state index is -3.99.